The van der Waals surface area contributed by atoms with Gasteiger partial charge in [-0.25, -0.2) is 13.4 Å². The predicted molar refractivity (Wildman–Crippen MR) is 105 cm³/mol. The van der Waals surface area contributed by atoms with Gasteiger partial charge in [0.2, 0.25) is 5.95 Å². The number of aryl methyl sites for hydroxylation is 1. The zero-order chi connectivity index (χ0) is 18.6. The topological polar surface area (TPSA) is 75.2 Å². The van der Waals surface area contributed by atoms with E-state index in [2.05, 4.69) is 27.4 Å². The zero-order valence-electron chi connectivity index (χ0n) is 15.4. The van der Waals surface area contributed by atoms with Crippen molar-refractivity contribution in [2.75, 3.05) is 34.8 Å². The van der Waals surface area contributed by atoms with Gasteiger partial charge in [0.25, 0.3) is 0 Å². The van der Waals surface area contributed by atoms with Crippen LogP contribution in [-0.2, 0) is 16.3 Å². The third-order valence-electron chi connectivity index (χ3n) is 4.65. The van der Waals surface area contributed by atoms with E-state index in [1.54, 1.807) is 0 Å². The van der Waals surface area contributed by atoms with Crippen LogP contribution in [0.2, 0.25) is 0 Å². The van der Waals surface area contributed by atoms with Crippen LogP contribution in [0.1, 0.15) is 24.6 Å². The Morgan fingerprint density at radius 2 is 2.00 bits per heavy atom. The fourth-order valence-corrected chi connectivity index (χ4v) is 5.07. The van der Waals surface area contributed by atoms with Gasteiger partial charge >= 0.3 is 0 Å². The summed E-state index contributed by atoms with van der Waals surface area (Å²) in [7, 11) is -2.94. The van der Waals surface area contributed by atoms with Gasteiger partial charge in [0.1, 0.15) is 5.82 Å². The molecule has 1 N–H and O–H groups in total. The normalized spacial score (nSPS) is 18.6. The molecule has 1 aromatic heterocycles. The van der Waals surface area contributed by atoms with Crippen molar-refractivity contribution in [2.24, 2.45) is 0 Å². The monoisotopic (exact) mass is 374 g/mol. The minimum atomic E-state index is -2.94. The molecule has 0 saturated carbocycles. The van der Waals surface area contributed by atoms with E-state index < -0.39 is 9.84 Å². The standard InChI is InChI=1S/C19H26N4O2S/c1-3-23(17-10-12-26(24,25)14-17)19-21-15(2)13-18(22-19)20-11-9-16-7-5-4-6-8-16/h4-8,13,17H,3,9-12,14H2,1-2H3,(H,20,21,22). The summed E-state index contributed by atoms with van der Waals surface area (Å²) in [6.45, 7) is 5.42. The van der Waals surface area contributed by atoms with Crippen LogP contribution < -0.4 is 10.2 Å². The van der Waals surface area contributed by atoms with Gasteiger partial charge in [0.05, 0.1) is 11.5 Å². The number of nitrogens with one attached hydrogen (secondary N) is 1. The molecule has 26 heavy (non-hydrogen) atoms. The molecule has 0 radical (unpaired) electrons. The molecule has 1 aliphatic heterocycles. The molecule has 140 valence electrons. The first-order valence-electron chi connectivity index (χ1n) is 9.07. The van der Waals surface area contributed by atoms with Gasteiger partial charge in [-0.05, 0) is 32.3 Å². The SMILES string of the molecule is CCN(c1nc(C)cc(NCCc2ccccc2)n1)C1CCS(=O)(=O)C1. The maximum Gasteiger partial charge on any atom is 0.227 e. The Kier molecular flexibility index (Phi) is 5.76. The highest BCUT2D eigenvalue weighted by Crippen LogP contribution is 2.23. The molecule has 7 heteroatoms. The van der Waals surface area contributed by atoms with Crippen LogP contribution >= 0.6 is 0 Å². The van der Waals surface area contributed by atoms with E-state index in [1.165, 1.54) is 5.56 Å². The molecule has 1 saturated heterocycles. The molecule has 1 unspecified atom stereocenters. The fraction of sp³-hybridized carbons (Fsp3) is 0.474. The van der Waals surface area contributed by atoms with Crippen LogP contribution in [0.25, 0.3) is 0 Å². The van der Waals surface area contributed by atoms with Crippen molar-refractivity contribution in [2.45, 2.75) is 32.7 Å². The molecule has 1 aromatic carbocycles. The van der Waals surface area contributed by atoms with Crippen molar-refractivity contribution in [3.8, 4) is 0 Å². The quantitative estimate of drug-likeness (QED) is 0.802. The molecule has 2 aromatic rings. The van der Waals surface area contributed by atoms with Crippen LogP contribution in [0, 0.1) is 6.92 Å². The highest BCUT2D eigenvalue weighted by molar-refractivity contribution is 7.91. The first kappa shape index (κ1) is 18.6. The Morgan fingerprint density at radius 1 is 1.23 bits per heavy atom. The molecular weight excluding hydrogens is 348 g/mol. The van der Waals surface area contributed by atoms with Gasteiger partial charge in [-0.2, -0.15) is 4.98 Å². The number of anilines is 2. The molecule has 6 nitrogen and oxygen atoms in total. The van der Waals surface area contributed by atoms with E-state index in [9.17, 15) is 8.42 Å². The van der Waals surface area contributed by atoms with Gasteiger partial charge in [-0.15, -0.1) is 0 Å². The summed E-state index contributed by atoms with van der Waals surface area (Å²) in [5.74, 6) is 1.83. The van der Waals surface area contributed by atoms with E-state index in [0.717, 1.165) is 24.5 Å². The number of aromatic nitrogens is 2. The Labute approximate surface area is 155 Å². The average Bonchev–Trinajstić information content (AvgIpc) is 2.96. The van der Waals surface area contributed by atoms with Crippen LogP contribution in [0.5, 0.6) is 0 Å². The summed E-state index contributed by atoms with van der Waals surface area (Å²) in [5.41, 5.74) is 2.15. The lowest BCUT2D eigenvalue weighted by Gasteiger charge is -2.27. The lowest BCUT2D eigenvalue weighted by Crippen LogP contribution is -2.37. The number of hydrogen-bond donors (Lipinski definition) is 1. The number of sulfone groups is 1. The van der Waals surface area contributed by atoms with Crippen molar-refractivity contribution in [1.82, 2.24) is 9.97 Å². The Balaban J connectivity index is 1.70. The zero-order valence-corrected chi connectivity index (χ0v) is 16.2. The molecule has 2 heterocycles. The minimum Gasteiger partial charge on any atom is -0.370 e. The van der Waals surface area contributed by atoms with Crippen LogP contribution in [0.4, 0.5) is 11.8 Å². The summed E-state index contributed by atoms with van der Waals surface area (Å²) >= 11 is 0. The molecule has 0 amide bonds. The maximum absolute atomic E-state index is 11.8. The van der Waals surface area contributed by atoms with Crippen LogP contribution in [0.15, 0.2) is 36.4 Å². The van der Waals surface area contributed by atoms with Crippen molar-refractivity contribution < 1.29 is 8.42 Å². The van der Waals surface area contributed by atoms with Crippen molar-refractivity contribution in [1.29, 1.82) is 0 Å². The fourth-order valence-electron chi connectivity index (χ4n) is 3.34. The third kappa shape index (κ3) is 4.72. The van der Waals surface area contributed by atoms with Gasteiger partial charge in [0, 0.05) is 30.9 Å². The third-order valence-corrected chi connectivity index (χ3v) is 6.40. The Morgan fingerprint density at radius 3 is 2.65 bits per heavy atom. The lowest BCUT2D eigenvalue weighted by atomic mass is 10.1. The second-order valence-electron chi connectivity index (χ2n) is 6.70. The Hall–Kier alpha value is -2.15. The molecule has 0 aliphatic carbocycles. The highest BCUT2D eigenvalue weighted by atomic mass is 32.2. The number of benzene rings is 1. The molecular formula is C19H26N4O2S. The first-order chi connectivity index (χ1) is 12.5. The summed E-state index contributed by atoms with van der Waals surface area (Å²) in [4.78, 5) is 11.2. The van der Waals surface area contributed by atoms with E-state index in [-0.39, 0.29) is 17.5 Å². The number of nitrogens with zero attached hydrogens (tertiary/aromatic N) is 3. The van der Waals surface area contributed by atoms with E-state index in [4.69, 9.17) is 0 Å². The molecule has 1 fully saturated rings. The van der Waals surface area contributed by atoms with E-state index >= 15 is 0 Å². The summed E-state index contributed by atoms with van der Waals surface area (Å²) in [6, 6.07) is 12.2. The largest absolute Gasteiger partial charge is 0.370 e. The van der Waals surface area contributed by atoms with Gasteiger partial charge in [-0.3, -0.25) is 0 Å². The van der Waals surface area contributed by atoms with Crippen molar-refractivity contribution >= 4 is 21.6 Å². The smallest absolute Gasteiger partial charge is 0.227 e. The number of rotatable bonds is 7. The van der Waals surface area contributed by atoms with E-state index in [1.807, 2.05) is 43.0 Å². The molecule has 3 rings (SSSR count). The second kappa shape index (κ2) is 8.03. The average molecular weight is 375 g/mol. The Bertz CT molecular complexity index is 840. The molecule has 1 aliphatic rings. The minimum absolute atomic E-state index is 0.0380. The predicted octanol–water partition coefficient (Wildman–Crippen LogP) is 2.45. The summed E-state index contributed by atoms with van der Waals surface area (Å²) < 4.78 is 23.6. The lowest BCUT2D eigenvalue weighted by molar-refractivity contribution is 0.599. The summed E-state index contributed by atoms with van der Waals surface area (Å²) in [6.07, 6.45) is 1.56. The van der Waals surface area contributed by atoms with Crippen molar-refractivity contribution in [3.63, 3.8) is 0 Å². The first-order valence-corrected chi connectivity index (χ1v) is 10.9. The van der Waals surface area contributed by atoms with Crippen molar-refractivity contribution in [3.05, 3.63) is 47.7 Å². The van der Waals surface area contributed by atoms with Crippen LogP contribution in [-0.4, -0.2) is 49.0 Å². The second-order valence-corrected chi connectivity index (χ2v) is 8.93. The molecule has 0 spiro atoms. The molecule has 0 bridgehead atoms. The van der Waals surface area contributed by atoms with Crippen LogP contribution in [0.3, 0.4) is 0 Å². The maximum atomic E-state index is 11.8. The molecule has 1 atom stereocenters. The van der Waals surface area contributed by atoms with E-state index in [0.29, 0.717) is 18.9 Å². The van der Waals surface area contributed by atoms with Gasteiger partial charge < -0.3 is 10.2 Å². The highest BCUT2D eigenvalue weighted by Gasteiger charge is 2.33. The van der Waals surface area contributed by atoms with Gasteiger partial charge in [0.15, 0.2) is 9.84 Å². The van der Waals surface area contributed by atoms with Gasteiger partial charge in [-0.1, -0.05) is 30.3 Å². The number of hydrogen-bond acceptors (Lipinski definition) is 6. The summed E-state index contributed by atoms with van der Waals surface area (Å²) in [5, 5.41) is 3.36.